The molecular formula is C40H76O4. The van der Waals surface area contributed by atoms with E-state index in [0.29, 0.717) is 6.42 Å². The molecule has 4 nitrogen and oxygen atoms in total. The predicted molar refractivity (Wildman–Crippen MR) is 190 cm³/mol. The standard InChI is InChI=1S/C40H76O4/c1-3-5-7-9-11-13-15-16-17-18-20-22-24-29-33-37-40(43)44-38(35-31-27-25-28-32-36-39(41)42)34-30-26-23-21-19-14-12-10-8-6-4-2/h16-17,38H,3-15,18-37H2,1-2H3,(H,41,42)/b17-16-. The number of aliphatic carboxylic acids is 1. The van der Waals surface area contributed by atoms with Crippen molar-refractivity contribution in [2.75, 3.05) is 0 Å². The van der Waals surface area contributed by atoms with Crippen molar-refractivity contribution in [3.63, 3.8) is 0 Å². The van der Waals surface area contributed by atoms with Crippen LogP contribution < -0.4 is 0 Å². The van der Waals surface area contributed by atoms with Gasteiger partial charge in [0, 0.05) is 12.8 Å². The summed E-state index contributed by atoms with van der Waals surface area (Å²) in [6, 6.07) is 0. The summed E-state index contributed by atoms with van der Waals surface area (Å²) in [6.45, 7) is 4.55. The highest BCUT2D eigenvalue weighted by Gasteiger charge is 2.14. The van der Waals surface area contributed by atoms with Gasteiger partial charge in [0.1, 0.15) is 6.10 Å². The van der Waals surface area contributed by atoms with E-state index in [2.05, 4.69) is 26.0 Å². The second kappa shape index (κ2) is 36.2. The maximum Gasteiger partial charge on any atom is 0.306 e. The van der Waals surface area contributed by atoms with Crippen LogP contribution in [0.15, 0.2) is 12.2 Å². The topological polar surface area (TPSA) is 63.6 Å². The number of hydrogen-bond acceptors (Lipinski definition) is 3. The number of carbonyl (C=O) groups is 2. The molecule has 0 heterocycles. The summed E-state index contributed by atoms with van der Waals surface area (Å²) in [5, 5.41) is 8.81. The van der Waals surface area contributed by atoms with Gasteiger partial charge < -0.3 is 9.84 Å². The average molecular weight is 621 g/mol. The molecule has 0 bridgehead atoms. The van der Waals surface area contributed by atoms with Crippen LogP contribution in [0.5, 0.6) is 0 Å². The fourth-order valence-electron chi connectivity index (χ4n) is 6.06. The number of rotatable bonds is 36. The van der Waals surface area contributed by atoms with E-state index in [9.17, 15) is 9.59 Å². The Labute approximate surface area is 275 Å². The second-order valence-corrected chi connectivity index (χ2v) is 13.5. The first-order valence-corrected chi connectivity index (χ1v) is 19.7. The summed E-state index contributed by atoms with van der Waals surface area (Å²) >= 11 is 0. The molecule has 0 aliphatic rings. The van der Waals surface area contributed by atoms with Crippen LogP contribution in [-0.2, 0) is 14.3 Å². The Balaban J connectivity index is 4.01. The summed E-state index contributed by atoms with van der Waals surface area (Å²) < 4.78 is 5.99. The minimum atomic E-state index is -0.699. The van der Waals surface area contributed by atoms with Gasteiger partial charge >= 0.3 is 11.9 Å². The van der Waals surface area contributed by atoms with E-state index < -0.39 is 5.97 Å². The molecule has 0 aliphatic carbocycles. The van der Waals surface area contributed by atoms with Crippen LogP contribution in [0.1, 0.15) is 226 Å². The first-order chi connectivity index (χ1) is 21.6. The molecule has 44 heavy (non-hydrogen) atoms. The van der Waals surface area contributed by atoms with Gasteiger partial charge in [-0.2, -0.15) is 0 Å². The Hall–Kier alpha value is -1.32. The lowest BCUT2D eigenvalue weighted by Gasteiger charge is -2.18. The number of hydrogen-bond donors (Lipinski definition) is 1. The molecule has 0 fully saturated rings. The zero-order valence-electron chi connectivity index (χ0n) is 29.7. The lowest BCUT2D eigenvalue weighted by atomic mass is 10.0. The first kappa shape index (κ1) is 42.7. The summed E-state index contributed by atoms with van der Waals surface area (Å²) in [5.41, 5.74) is 0. The number of unbranched alkanes of at least 4 members (excludes halogenated alkanes) is 25. The normalized spacial score (nSPS) is 12.2. The van der Waals surface area contributed by atoms with Crippen LogP contribution >= 0.6 is 0 Å². The Bertz CT molecular complexity index is 629. The minimum Gasteiger partial charge on any atom is -0.481 e. The largest absolute Gasteiger partial charge is 0.481 e. The van der Waals surface area contributed by atoms with Crippen molar-refractivity contribution in [2.24, 2.45) is 0 Å². The Morgan fingerprint density at radius 2 is 0.818 bits per heavy atom. The molecule has 0 saturated carbocycles. The highest BCUT2D eigenvalue weighted by Crippen LogP contribution is 2.19. The monoisotopic (exact) mass is 621 g/mol. The van der Waals surface area contributed by atoms with E-state index in [1.807, 2.05) is 0 Å². The van der Waals surface area contributed by atoms with Gasteiger partial charge in [-0.25, -0.2) is 0 Å². The third-order valence-electron chi connectivity index (χ3n) is 8.99. The number of ether oxygens (including phenoxy) is 1. The number of allylic oxidation sites excluding steroid dienone is 2. The molecule has 0 saturated heterocycles. The van der Waals surface area contributed by atoms with E-state index in [1.54, 1.807) is 0 Å². The lowest BCUT2D eigenvalue weighted by molar-refractivity contribution is -0.150. The van der Waals surface area contributed by atoms with E-state index in [1.165, 1.54) is 135 Å². The van der Waals surface area contributed by atoms with Gasteiger partial charge in [0.2, 0.25) is 0 Å². The molecule has 1 atom stereocenters. The van der Waals surface area contributed by atoms with Gasteiger partial charge in [-0.3, -0.25) is 9.59 Å². The van der Waals surface area contributed by atoms with Crippen molar-refractivity contribution < 1.29 is 19.4 Å². The predicted octanol–water partition coefficient (Wildman–Crippen LogP) is 13.5. The molecular weight excluding hydrogens is 544 g/mol. The van der Waals surface area contributed by atoms with Crippen LogP contribution in [0.25, 0.3) is 0 Å². The highest BCUT2D eigenvalue weighted by atomic mass is 16.5. The molecule has 0 rings (SSSR count). The van der Waals surface area contributed by atoms with Gasteiger partial charge in [-0.05, 0) is 64.2 Å². The van der Waals surface area contributed by atoms with Crippen LogP contribution in [-0.4, -0.2) is 23.1 Å². The Morgan fingerprint density at radius 3 is 1.23 bits per heavy atom. The summed E-state index contributed by atoms with van der Waals surface area (Å²) in [6.07, 6.45) is 43.7. The minimum absolute atomic E-state index is 0.00263. The highest BCUT2D eigenvalue weighted by molar-refractivity contribution is 5.69. The van der Waals surface area contributed by atoms with Crippen molar-refractivity contribution in [2.45, 2.75) is 232 Å². The quantitative estimate of drug-likeness (QED) is 0.0430. The fraction of sp³-hybridized carbons (Fsp3) is 0.900. The maximum absolute atomic E-state index is 12.6. The van der Waals surface area contributed by atoms with E-state index >= 15 is 0 Å². The zero-order chi connectivity index (χ0) is 32.2. The van der Waals surface area contributed by atoms with Gasteiger partial charge in [-0.1, -0.05) is 161 Å². The average Bonchev–Trinajstić information content (AvgIpc) is 3.00. The number of esters is 1. The van der Waals surface area contributed by atoms with Crippen LogP contribution in [0.3, 0.4) is 0 Å². The van der Waals surface area contributed by atoms with Crippen LogP contribution in [0.4, 0.5) is 0 Å². The molecule has 1 unspecified atom stereocenters. The molecule has 0 aliphatic heterocycles. The van der Waals surface area contributed by atoms with Crippen molar-refractivity contribution in [3.05, 3.63) is 12.2 Å². The van der Waals surface area contributed by atoms with Crippen molar-refractivity contribution in [1.29, 1.82) is 0 Å². The molecule has 0 amide bonds. The van der Waals surface area contributed by atoms with Gasteiger partial charge in [0.05, 0.1) is 0 Å². The molecule has 0 radical (unpaired) electrons. The smallest absolute Gasteiger partial charge is 0.306 e. The molecule has 0 aromatic rings. The number of carboxylic acids is 1. The second-order valence-electron chi connectivity index (χ2n) is 13.5. The molecule has 4 heteroatoms. The Morgan fingerprint density at radius 1 is 0.477 bits per heavy atom. The van der Waals surface area contributed by atoms with Crippen LogP contribution in [0, 0.1) is 0 Å². The van der Waals surface area contributed by atoms with Crippen molar-refractivity contribution >= 4 is 11.9 Å². The third-order valence-corrected chi connectivity index (χ3v) is 8.99. The van der Waals surface area contributed by atoms with Crippen LogP contribution in [0.2, 0.25) is 0 Å². The van der Waals surface area contributed by atoms with E-state index in [4.69, 9.17) is 9.84 Å². The fourth-order valence-corrected chi connectivity index (χ4v) is 6.06. The zero-order valence-corrected chi connectivity index (χ0v) is 29.7. The van der Waals surface area contributed by atoms with Crippen molar-refractivity contribution in [1.82, 2.24) is 0 Å². The maximum atomic E-state index is 12.6. The molecule has 1 N–H and O–H groups in total. The number of carbonyl (C=O) groups excluding carboxylic acids is 1. The summed E-state index contributed by atoms with van der Waals surface area (Å²) in [4.78, 5) is 23.3. The van der Waals surface area contributed by atoms with Gasteiger partial charge in [-0.15, -0.1) is 0 Å². The third kappa shape index (κ3) is 35.2. The summed E-state index contributed by atoms with van der Waals surface area (Å²) in [5.74, 6) is -0.702. The van der Waals surface area contributed by atoms with Gasteiger partial charge in [0.25, 0.3) is 0 Å². The van der Waals surface area contributed by atoms with E-state index in [-0.39, 0.29) is 18.5 Å². The molecule has 260 valence electrons. The lowest BCUT2D eigenvalue weighted by Crippen LogP contribution is -2.18. The first-order valence-electron chi connectivity index (χ1n) is 19.7. The summed E-state index contributed by atoms with van der Waals surface area (Å²) in [7, 11) is 0. The molecule has 0 spiro atoms. The van der Waals surface area contributed by atoms with Gasteiger partial charge in [0.15, 0.2) is 0 Å². The van der Waals surface area contributed by atoms with E-state index in [0.717, 1.165) is 64.2 Å². The SMILES string of the molecule is CCCCCCCC/C=C\CCCCCCCC(=O)OC(CCCCCCCCCCCCC)CCCCCCCC(=O)O. The molecule has 0 aromatic carbocycles. The molecule has 0 aromatic heterocycles. The number of carboxylic acid groups (broad SMARTS) is 1. The Kier molecular flexibility index (Phi) is 35.1. The van der Waals surface area contributed by atoms with Crippen molar-refractivity contribution in [3.8, 4) is 0 Å².